The van der Waals surface area contributed by atoms with Crippen LogP contribution in [0.15, 0.2) is 15.8 Å². The van der Waals surface area contributed by atoms with Crippen LogP contribution in [0.4, 0.5) is 5.69 Å². The normalized spacial score (nSPS) is 11.6. The van der Waals surface area contributed by atoms with Crippen molar-refractivity contribution < 1.29 is 14.6 Å². The van der Waals surface area contributed by atoms with Crippen molar-refractivity contribution in [1.29, 1.82) is 0 Å². The summed E-state index contributed by atoms with van der Waals surface area (Å²) in [6.07, 6.45) is 1.58. The monoisotopic (exact) mass is 399 g/mol. The van der Waals surface area contributed by atoms with Gasteiger partial charge in [0.05, 0.1) is 9.40 Å². The average Bonchev–Trinajstić information content (AvgIpc) is 2.95. The molecule has 0 saturated carbocycles. The van der Waals surface area contributed by atoms with E-state index in [-0.39, 0.29) is 29.5 Å². The second-order valence-corrected chi connectivity index (χ2v) is 5.75. The molecule has 0 spiro atoms. The number of nitrogens with zero attached hydrogens (tertiary/aromatic N) is 6. The van der Waals surface area contributed by atoms with Gasteiger partial charge in [0.15, 0.2) is 11.5 Å². The van der Waals surface area contributed by atoms with E-state index in [0.29, 0.717) is 10.2 Å². The van der Waals surface area contributed by atoms with Crippen LogP contribution in [0.25, 0.3) is 0 Å². The molecule has 0 amide bonds. The van der Waals surface area contributed by atoms with Crippen molar-refractivity contribution in [2.24, 2.45) is 17.9 Å². The summed E-state index contributed by atoms with van der Waals surface area (Å²) in [4.78, 5) is 27.0. The van der Waals surface area contributed by atoms with E-state index in [2.05, 4.69) is 31.3 Å². The lowest BCUT2D eigenvalue weighted by Crippen LogP contribution is -2.22. The highest BCUT2D eigenvalue weighted by atomic mass is 79.9. The molecule has 128 valence electrons. The highest BCUT2D eigenvalue weighted by Crippen LogP contribution is 2.21. The third-order valence-electron chi connectivity index (χ3n) is 3.06. The predicted octanol–water partition coefficient (Wildman–Crippen LogP) is 1.03. The average molecular weight is 400 g/mol. The SMILES string of the molecule is Cc1nn(C/C(N)=N/OC(=O)c2nn(C)cc2Br)c(C)c1[N+](=O)[O-]. The van der Waals surface area contributed by atoms with E-state index in [1.54, 1.807) is 20.2 Å². The molecular weight excluding hydrogens is 386 g/mol. The van der Waals surface area contributed by atoms with Gasteiger partial charge in [-0.2, -0.15) is 10.2 Å². The fourth-order valence-electron chi connectivity index (χ4n) is 2.03. The molecule has 2 heterocycles. The summed E-state index contributed by atoms with van der Waals surface area (Å²) < 4.78 is 3.21. The summed E-state index contributed by atoms with van der Waals surface area (Å²) in [5.74, 6) is -0.860. The maximum absolute atomic E-state index is 11.8. The molecule has 12 heteroatoms. The summed E-state index contributed by atoms with van der Waals surface area (Å²) in [5.41, 5.74) is 6.24. The third-order valence-corrected chi connectivity index (χ3v) is 3.64. The van der Waals surface area contributed by atoms with Gasteiger partial charge < -0.3 is 10.6 Å². The minimum atomic E-state index is -0.787. The molecule has 2 aromatic heterocycles. The number of carbonyl (C=O) groups is 1. The topological polar surface area (TPSA) is 143 Å². The van der Waals surface area contributed by atoms with Crippen LogP contribution in [0.3, 0.4) is 0 Å². The molecule has 0 fully saturated rings. The van der Waals surface area contributed by atoms with Crippen LogP contribution in [0, 0.1) is 24.0 Å². The number of aromatic nitrogens is 4. The number of oxime groups is 1. The van der Waals surface area contributed by atoms with Crippen molar-refractivity contribution in [1.82, 2.24) is 19.6 Å². The maximum Gasteiger partial charge on any atom is 0.387 e. The first kappa shape index (κ1) is 17.6. The third kappa shape index (κ3) is 3.59. The Morgan fingerprint density at radius 3 is 2.67 bits per heavy atom. The van der Waals surface area contributed by atoms with Crippen LogP contribution in [-0.4, -0.2) is 36.3 Å². The number of hydrogen-bond donors (Lipinski definition) is 1. The lowest BCUT2D eigenvalue weighted by Gasteiger charge is -2.02. The van der Waals surface area contributed by atoms with Crippen molar-refractivity contribution in [2.75, 3.05) is 0 Å². The van der Waals surface area contributed by atoms with Gasteiger partial charge in [-0.3, -0.25) is 19.5 Å². The Kier molecular flexibility index (Phi) is 4.97. The number of carbonyl (C=O) groups excluding carboxylic acids is 1. The van der Waals surface area contributed by atoms with Gasteiger partial charge in [-0.1, -0.05) is 5.16 Å². The Morgan fingerprint density at radius 1 is 1.50 bits per heavy atom. The quantitative estimate of drug-likeness (QED) is 0.260. The second-order valence-electron chi connectivity index (χ2n) is 4.89. The van der Waals surface area contributed by atoms with E-state index < -0.39 is 10.9 Å². The zero-order valence-electron chi connectivity index (χ0n) is 13.1. The molecule has 2 N–H and O–H groups in total. The summed E-state index contributed by atoms with van der Waals surface area (Å²) in [6, 6.07) is 0. The van der Waals surface area contributed by atoms with E-state index in [4.69, 9.17) is 10.6 Å². The predicted molar refractivity (Wildman–Crippen MR) is 86.3 cm³/mol. The van der Waals surface area contributed by atoms with Gasteiger partial charge in [0, 0.05) is 13.2 Å². The zero-order valence-corrected chi connectivity index (χ0v) is 14.6. The van der Waals surface area contributed by atoms with Gasteiger partial charge in [0.25, 0.3) is 0 Å². The summed E-state index contributed by atoms with van der Waals surface area (Å²) >= 11 is 3.17. The first-order valence-electron chi connectivity index (χ1n) is 6.62. The van der Waals surface area contributed by atoms with Crippen molar-refractivity contribution in [2.45, 2.75) is 20.4 Å². The Morgan fingerprint density at radius 2 is 2.17 bits per heavy atom. The Labute approximate surface area is 144 Å². The van der Waals surface area contributed by atoms with Gasteiger partial charge in [0.2, 0.25) is 0 Å². The molecule has 0 aliphatic heterocycles. The van der Waals surface area contributed by atoms with Gasteiger partial charge in [-0.15, -0.1) is 0 Å². The zero-order chi connectivity index (χ0) is 18.0. The van der Waals surface area contributed by atoms with Gasteiger partial charge in [0.1, 0.15) is 17.9 Å². The minimum absolute atomic E-state index is 0.0517. The molecule has 0 unspecified atom stereocenters. The van der Waals surface area contributed by atoms with Crippen molar-refractivity contribution in [3.8, 4) is 0 Å². The molecular formula is C12H14BrN7O4. The molecule has 0 aliphatic rings. The van der Waals surface area contributed by atoms with Crippen LogP contribution in [0.2, 0.25) is 0 Å². The van der Waals surface area contributed by atoms with Crippen LogP contribution in [0.1, 0.15) is 21.9 Å². The molecule has 11 nitrogen and oxygen atoms in total. The highest BCUT2D eigenvalue weighted by Gasteiger charge is 2.22. The number of nitro groups is 1. The number of nitrogens with two attached hydrogens (primary N) is 1. The number of aryl methyl sites for hydroxylation is 2. The first-order chi connectivity index (χ1) is 11.2. The van der Waals surface area contributed by atoms with Crippen molar-refractivity contribution in [3.63, 3.8) is 0 Å². The maximum atomic E-state index is 11.8. The molecule has 0 bridgehead atoms. The van der Waals surface area contributed by atoms with Crippen LogP contribution >= 0.6 is 15.9 Å². The minimum Gasteiger partial charge on any atom is -0.383 e. The van der Waals surface area contributed by atoms with Crippen molar-refractivity contribution in [3.05, 3.63) is 37.9 Å². The molecule has 2 aromatic rings. The molecule has 0 atom stereocenters. The molecule has 0 aliphatic carbocycles. The largest absolute Gasteiger partial charge is 0.387 e. The molecule has 0 aromatic carbocycles. The second kappa shape index (κ2) is 6.78. The van der Waals surface area contributed by atoms with E-state index in [0.717, 1.165) is 0 Å². The fourth-order valence-corrected chi connectivity index (χ4v) is 2.57. The number of halogens is 1. The molecule has 24 heavy (non-hydrogen) atoms. The van der Waals surface area contributed by atoms with E-state index in [1.807, 2.05) is 0 Å². The van der Waals surface area contributed by atoms with Crippen molar-refractivity contribution >= 4 is 33.4 Å². The number of hydrogen-bond acceptors (Lipinski definition) is 7. The molecule has 2 rings (SSSR count). The van der Waals surface area contributed by atoms with E-state index >= 15 is 0 Å². The summed E-state index contributed by atoms with van der Waals surface area (Å²) in [7, 11) is 1.65. The lowest BCUT2D eigenvalue weighted by atomic mass is 10.3. The summed E-state index contributed by atoms with van der Waals surface area (Å²) in [6.45, 7) is 3.01. The van der Waals surface area contributed by atoms with Crippen LogP contribution in [0.5, 0.6) is 0 Å². The number of amidine groups is 1. The van der Waals surface area contributed by atoms with Gasteiger partial charge >= 0.3 is 11.7 Å². The number of rotatable bonds is 5. The van der Waals surface area contributed by atoms with E-state index in [1.165, 1.54) is 16.3 Å². The summed E-state index contributed by atoms with van der Waals surface area (Å²) in [5, 5.41) is 22.4. The lowest BCUT2D eigenvalue weighted by molar-refractivity contribution is -0.386. The Balaban J connectivity index is 2.10. The molecule has 0 saturated heterocycles. The Hall–Kier alpha value is -2.76. The van der Waals surface area contributed by atoms with E-state index in [9.17, 15) is 14.9 Å². The van der Waals surface area contributed by atoms with Gasteiger partial charge in [-0.05, 0) is 29.8 Å². The smallest absolute Gasteiger partial charge is 0.383 e. The van der Waals surface area contributed by atoms with Gasteiger partial charge in [-0.25, -0.2) is 4.79 Å². The first-order valence-corrected chi connectivity index (χ1v) is 7.41. The van der Waals surface area contributed by atoms with Crippen LogP contribution in [-0.2, 0) is 18.4 Å². The fraction of sp³-hybridized carbons (Fsp3) is 0.333. The van der Waals surface area contributed by atoms with Crippen LogP contribution < -0.4 is 5.73 Å². The highest BCUT2D eigenvalue weighted by molar-refractivity contribution is 9.10. The molecule has 0 radical (unpaired) electrons. The standard InChI is InChI=1S/C12H14BrN7O4/c1-6-11(20(22)23)7(2)19(15-6)5-9(14)17-24-12(21)10-8(13)4-18(3)16-10/h4H,5H2,1-3H3,(H2,14,17). The Bertz CT molecular complexity index is 839.